The molecule has 7 heteroatoms. The first-order valence-corrected chi connectivity index (χ1v) is 12.0. The summed E-state index contributed by atoms with van der Waals surface area (Å²) in [5, 5.41) is 3.28. The first-order valence-electron chi connectivity index (χ1n) is 12.0. The Bertz CT molecular complexity index is 1230. The molecule has 0 spiro atoms. The van der Waals surface area contributed by atoms with Crippen molar-refractivity contribution in [2.24, 2.45) is 0 Å². The van der Waals surface area contributed by atoms with Crippen LogP contribution in [-0.4, -0.2) is 40.8 Å². The number of rotatable bonds is 8. The number of nitrogens with one attached hydrogen (secondary N) is 1. The minimum absolute atomic E-state index is 0.0518. The highest BCUT2D eigenvalue weighted by atomic mass is 16.5. The van der Waals surface area contributed by atoms with Gasteiger partial charge in [-0.2, -0.15) is 0 Å². The lowest BCUT2D eigenvalue weighted by Gasteiger charge is -2.33. The zero-order valence-electron chi connectivity index (χ0n) is 19.8. The van der Waals surface area contributed by atoms with Crippen molar-refractivity contribution in [3.8, 4) is 22.6 Å². The molecule has 1 atom stereocenters. The Morgan fingerprint density at radius 3 is 2.51 bits per heavy atom. The van der Waals surface area contributed by atoms with Gasteiger partial charge in [0.15, 0.2) is 17.3 Å². The van der Waals surface area contributed by atoms with E-state index >= 15 is 0 Å². The van der Waals surface area contributed by atoms with Gasteiger partial charge < -0.3 is 19.7 Å². The number of ether oxygens (including phenoxy) is 2. The number of benzene rings is 2. The van der Waals surface area contributed by atoms with E-state index in [1.807, 2.05) is 61.7 Å². The third-order valence-electron chi connectivity index (χ3n) is 5.89. The maximum absolute atomic E-state index is 6.32. The van der Waals surface area contributed by atoms with Crippen LogP contribution in [0.1, 0.15) is 19.8 Å². The highest BCUT2D eigenvalue weighted by Gasteiger charge is 2.24. The average molecular weight is 468 g/mol. The van der Waals surface area contributed by atoms with Crippen molar-refractivity contribution in [3.05, 3.63) is 85.3 Å². The van der Waals surface area contributed by atoms with Crippen molar-refractivity contribution in [2.45, 2.75) is 25.9 Å². The molecule has 1 aliphatic rings. The lowest BCUT2D eigenvalue weighted by Crippen LogP contribution is -2.41. The molecular formula is C28H29N5O2. The molecule has 3 heterocycles. The molecule has 0 aliphatic carbocycles. The normalized spacial score (nSPS) is 15.5. The summed E-state index contributed by atoms with van der Waals surface area (Å²) in [6.45, 7) is 4.24. The van der Waals surface area contributed by atoms with Gasteiger partial charge in [-0.05, 0) is 49.6 Å². The van der Waals surface area contributed by atoms with Crippen molar-refractivity contribution in [1.82, 2.24) is 15.0 Å². The van der Waals surface area contributed by atoms with Crippen LogP contribution in [0.15, 0.2) is 85.3 Å². The minimum atomic E-state index is 0.0518. The van der Waals surface area contributed by atoms with Gasteiger partial charge in [0.25, 0.3) is 0 Å². The SMILES string of the molecule is CCOc1ccccc1OC1CCCN(c2cncc(Nc3ccc(-c4ccccc4)cn3)n2)C1. The van der Waals surface area contributed by atoms with E-state index in [0.717, 1.165) is 60.2 Å². The molecule has 1 fully saturated rings. The number of aromatic nitrogens is 3. The van der Waals surface area contributed by atoms with Gasteiger partial charge in [0.1, 0.15) is 17.7 Å². The van der Waals surface area contributed by atoms with E-state index in [1.54, 1.807) is 12.4 Å². The second-order valence-electron chi connectivity index (χ2n) is 8.39. The van der Waals surface area contributed by atoms with Gasteiger partial charge in [0.2, 0.25) is 0 Å². The zero-order chi connectivity index (χ0) is 23.9. The van der Waals surface area contributed by atoms with Gasteiger partial charge in [-0.25, -0.2) is 9.97 Å². The molecule has 2 aromatic heterocycles. The van der Waals surface area contributed by atoms with E-state index in [0.29, 0.717) is 12.4 Å². The summed E-state index contributed by atoms with van der Waals surface area (Å²) in [5.41, 5.74) is 2.21. The van der Waals surface area contributed by atoms with Crippen LogP contribution in [0.25, 0.3) is 11.1 Å². The zero-order valence-corrected chi connectivity index (χ0v) is 19.8. The molecule has 5 rings (SSSR count). The fraction of sp³-hybridized carbons (Fsp3) is 0.250. The fourth-order valence-corrected chi connectivity index (χ4v) is 4.21. The Balaban J connectivity index is 1.25. The van der Waals surface area contributed by atoms with Crippen LogP contribution in [0.3, 0.4) is 0 Å². The van der Waals surface area contributed by atoms with Crippen LogP contribution >= 0.6 is 0 Å². The van der Waals surface area contributed by atoms with Gasteiger partial charge in [-0.3, -0.25) is 4.98 Å². The Morgan fingerprint density at radius 1 is 0.886 bits per heavy atom. The Kier molecular flexibility index (Phi) is 7.03. The number of hydrogen-bond donors (Lipinski definition) is 1. The molecule has 0 radical (unpaired) electrons. The van der Waals surface area contributed by atoms with Crippen molar-refractivity contribution in [2.75, 3.05) is 29.9 Å². The van der Waals surface area contributed by atoms with Crippen LogP contribution in [0.5, 0.6) is 11.5 Å². The van der Waals surface area contributed by atoms with Gasteiger partial charge in [-0.1, -0.05) is 42.5 Å². The van der Waals surface area contributed by atoms with Crippen LogP contribution < -0.4 is 19.7 Å². The van der Waals surface area contributed by atoms with E-state index in [-0.39, 0.29) is 6.10 Å². The predicted molar refractivity (Wildman–Crippen MR) is 138 cm³/mol. The highest BCUT2D eigenvalue weighted by Crippen LogP contribution is 2.30. The summed E-state index contributed by atoms with van der Waals surface area (Å²) in [5.74, 6) is 3.77. The molecule has 0 bridgehead atoms. The summed E-state index contributed by atoms with van der Waals surface area (Å²) in [7, 11) is 0. The highest BCUT2D eigenvalue weighted by molar-refractivity contribution is 5.64. The van der Waals surface area contributed by atoms with Gasteiger partial charge in [-0.15, -0.1) is 0 Å². The molecule has 1 saturated heterocycles. The molecular weight excluding hydrogens is 438 g/mol. The maximum Gasteiger partial charge on any atom is 0.161 e. The second kappa shape index (κ2) is 10.9. The second-order valence-corrected chi connectivity index (χ2v) is 8.39. The molecule has 7 nitrogen and oxygen atoms in total. The van der Waals surface area contributed by atoms with Crippen molar-refractivity contribution in [1.29, 1.82) is 0 Å². The number of anilines is 3. The number of piperidine rings is 1. The molecule has 35 heavy (non-hydrogen) atoms. The van der Waals surface area contributed by atoms with Crippen molar-refractivity contribution >= 4 is 17.5 Å². The molecule has 178 valence electrons. The van der Waals surface area contributed by atoms with Crippen molar-refractivity contribution in [3.63, 3.8) is 0 Å². The fourth-order valence-electron chi connectivity index (χ4n) is 4.21. The number of hydrogen-bond acceptors (Lipinski definition) is 7. The molecule has 0 amide bonds. The summed E-state index contributed by atoms with van der Waals surface area (Å²) in [6, 6.07) is 22.1. The lowest BCUT2D eigenvalue weighted by molar-refractivity contribution is 0.170. The number of nitrogens with zero attached hydrogens (tertiary/aromatic N) is 4. The summed E-state index contributed by atoms with van der Waals surface area (Å²) < 4.78 is 12.0. The molecule has 1 aliphatic heterocycles. The van der Waals surface area contributed by atoms with Gasteiger partial charge in [0, 0.05) is 18.3 Å². The maximum atomic E-state index is 6.32. The van der Waals surface area contributed by atoms with Crippen LogP contribution in [0.2, 0.25) is 0 Å². The standard InChI is InChI=1S/C28H29N5O2/c1-2-34-24-12-6-7-13-25(24)35-23-11-8-16-33(20-23)28-19-29-18-27(32-28)31-26-15-14-22(17-30-26)21-9-4-3-5-10-21/h3-7,9-10,12-15,17-19,23H,2,8,11,16,20H2,1H3,(H,30,31,32). The number of pyridine rings is 1. The van der Waals surface area contributed by atoms with Crippen LogP contribution in [-0.2, 0) is 0 Å². The monoisotopic (exact) mass is 467 g/mol. The Morgan fingerprint density at radius 2 is 1.71 bits per heavy atom. The topological polar surface area (TPSA) is 72.4 Å². The molecule has 1 unspecified atom stereocenters. The number of para-hydroxylation sites is 2. The van der Waals surface area contributed by atoms with E-state index in [4.69, 9.17) is 14.5 Å². The average Bonchev–Trinajstić information content (AvgIpc) is 2.91. The first-order chi connectivity index (χ1) is 17.3. The van der Waals surface area contributed by atoms with E-state index in [2.05, 4.69) is 38.4 Å². The lowest BCUT2D eigenvalue weighted by atomic mass is 10.1. The molecule has 1 N–H and O–H groups in total. The third kappa shape index (κ3) is 5.69. The predicted octanol–water partition coefficient (Wildman–Crippen LogP) is 5.73. The van der Waals surface area contributed by atoms with Crippen molar-refractivity contribution < 1.29 is 9.47 Å². The molecule has 0 saturated carbocycles. The minimum Gasteiger partial charge on any atom is -0.490 e. The summed E-state index contributed by atoms with van der Waals surface area (Å²) >= 11 is 0. The summed E-state index contributed by atoms with van der Waals surface area (Å²) in [4.78, 5) is 16.0. The summed E-state index contributed by atoms with van der Waals surface area (Å²) in [6.07, 6.45) is 7.43. The largest absolute Gasteiger partial charge is 0.490 e. The van der Waals surface area contributed by atoms with Gasteiger partial charge >= 0.3 is 0 Å². The quantitative estimate of drug-likeness (QED) is 0.355. The van der Waals surface area contributed by atoms with Crippen LogP contribution in [0.4, 0.5) is 17.5 Å². The van der Waals surface area contributed by atoms with Crippen LogP contribution in [0, 0.1) is 0 Å². The van der Waals surface area contributed by atoms with E-state index < -0.39 is 0 Å². The smallest absolute Gasteiger partial charge is 0.161 e. The molecule has 2 aromatic carbocycles. The third-order valence-corrected chi connectivity index (χ3v) is 5.89. The van der Waals surface area contributed by atoms with E-state index in [1.165, 1.54) is 0 Å². The van der Waals surface area contributed by atoms with Gasteiger partial charge in [0.05, 0.1) is 25.5 Å². The Hall–Kier alpha value is -4.13. The molecule has 4 aromatic rings. The van der Waals surface area contributed by atoms with E-state index in [9.17, 15) is 0 Å². The Labute approximate surface area is 205 Å². The first kappa shape index (κ1) is 22.7.